The minimum absolute atomic E-state index is 0.326. The van der Waals surface area contributed by atoms with Gasteiger partial charge in [0.1, 0.15) is 21.9 Å². The average Bonchev–Trinajstić information content (AvgIpc) is 3.42. The number of rotatable bonds is 5. The highest BCUT2D eigenvalue weighted by atomic mass is 32.1. The summed E-state index contributed by atoms with van der Waals surface area (Å²) in [5.74, 6) is 1.57. The Kier molecular flexibility index (Phi) is 4.40. The molecule has 1 fully saturated rings. The number of nitrogens with one attached hydrogen (secondary N) is 2. The predicted molar refractivity (Wildman–Crippen MR) is 110 cm³/mol. The van der Waals surface area contributed by atoms with E-state index < -0.39 is 0 Å². The molecule has 0 amide bonds. The van der Waals surface area contributed by atoms with Gasteiger partial charge in [0.2, 0.25) is 0 Å². The van der Waals surface area contributed by atoms with Crippen molar-refractivity contribution >= 4 is 32.6 Å². The largest absolute Gasteiger partial charge is 0.490 e. The molecule has 4 aromatic rings. The number of aromatic nitrogens is 5. The number of aromatic amines is 1. The molecular formula is C20H20N6OS. The first-order valence-corrected chi connectivity index (χ1v) is 10.2. The van der Waals surface area contributed by atoms with E-state index in [0.717, 1.165) is 56.8 Å². The van der Waals surface area contributed by atoms with Gasteiger partial charge in [0.25, 0.3) is 0 Å². The zero-order chi connectivity index (χ0) is 18.9. The van der Waals surface area contributed by atoms with Crippen molar-refractivity contribution in [3.63, 3.8) is 0 Å². The minimum Gasteiger partial charge on any atom is -0.490 e. The van der Waals surface area contributed by atoms with Crippen LogP contribution in [0.1, 0.15) is 31.4 Å². The van der Waals surface area contributed by atoms with Crippen LogP contribution in [0.4, 0.5) is 10.9 Å². The number of hydrogen-bond acceptors (Lipinski definition) is 7. The lowest BCUT2D eigenvalue weighted by Crippen LogP contribution is -2.11. The molecule has 0 aliphatic heterocycles. The van der Waals surface area contributed by atoms with E-state index in [2.05, 4.69) is 25.5 Å². The Bertz CT molecular complexity index is 1110. The lowest BCUT2D eigenvalue weighted by Gasteiger charge is -2.13. The van der Waals surface area contributed by atoms with Crippen LogP contribution in [0.3, 0.4) is 0 Å². The van der Waals surface area contributed by atoms with Crippen molar-refractivity contribution in [3.8, 4) is 17.0 Å². The van der Waals surface area contributed by atoms with Crippen LogP contribution in [0, 0.1) is 6.92 Å². The van der Waals surface area contributed by atoms with E-state index in [1.165, 1.54) is 24.2 Å². The fourth-order valence-corrected chi connectivity index (χ4v) is 4.34. The highest BCUT2D eigenvalue weighted by Crippen LogP contribution is 2.31. The fraction of sp³-hybridized carbons (Fsp3) is 0.300. The summed E-state index contributed by atoms with van der Waals surface area (Å²) >= 11 is 1.50. The maximum atomic E-state index is 6.06. The summed E-state index contributed by atoms with van der Waals surface area (Å²) in [5.41, 5.74) is 3.75. The second kappa shape index (κ2) is 7.20. The molecule has 4 heterocycles. The number of pyridine rings is 2. The van der Waals surface area contributed by atoms with Crippen LogP contribution in [-0.2, 0) is 0 Å². The summed E-state index contributed by atoms with van der Waals surface area (Å²) < 4.78 is 6.06. The van der Waals surface area contributed by atoms with E-state index in [1.807, 2.05) is 31.2 Å². The molecule has 28 heavy (non-hydrogen) atoms. The average molecular weight is 392 g/mol. The summed E-state index contributed by atoms with van der Waals surface area (Å²) in [6.07, 6.45) is 8.65. The van der Waals surface area contributed by atoms with Gasteiger partial charge in [0.15, 0.2) is 5.13 Å². The second-order valence-corrected chi connectivity index (χ2v) is 7.95. The normalized spacial score (nSPS) is 14.6. The van der Waals surface area contributed by atoms with Gasteiger partial charge in [-0.3, -0.25) is 5.10 Å². The lowest BCUT2D eigenvalue weighted by atomic mass is 10.2. The zero-order valence-electron chi connectivity index (χ0n) is 15.5. The molecule has 1 saturated carbocycles. The molecule has 142 valence electrons. The fourth-order valence-electron chi connectivity index (χ4n) is 3.49. The van der Waals surface area contributed by atoms with Gasteiger partial charge in [0, 0.05) is 23.5 Å². The molecule has 0 aromatic carbocycles. The van der Waals surface area contributed by atoms with E-state index in [4.69, 9.17) is 9.72 Å². The first-order valence-electron chi connectivity index (χ1n) is 9.42. The topological polar surface area (TPSA) is 88.6 Å². The van der Waals surface area contributed by atoms with Crippen molar-refractivity contribution in [1.29, 1.82) is 0 Å². The van der Waals surface area contributed by atoms with Crippen molar-refractivity contribution in [1.82, 2.24) is 25.1 Å². The maximum absolute atomic E-state index is 6.06. The van der Waals surface area contributed by atoms with Crippen LogP contribution in [-0.4, -0.2) is 31.3 Å². The first kappa shape index (κ1) is 17.1. The monoisotopic (exact) mass is 392 g/mol. The Labute approximate surface area is 166 Å². The molecule has 0 atom stereocenters. The molecule has 0 saturated heterocycles. The SMILES string of the molecule is Cc1[nH]ncc1-c1ccc2nc(Nc3cc(OC4CCCC4)ccn3)sc2n1. The number of thiazole rings is 1. The van der Waals surface area contributed by atoms with Crippen LogP contribution in [0.25, 0.3) is 21.6 Å². The Morgan fingerprint density at radius 1 is 1.18 bits per heavy atom. The molecular weight excluding hydrogens is 372 g/mol. The predicted octanol–water partition coefficient (Wildman–Crippen LogP) is 4.85. The Morgan fingerprint density at radius 3 is 2.89 bits per heavy atom. The van der Waals surface area contributed by atoms with Crippen molar-refractivity contribution in [2.45, 2.75) is 38.7 Å². The van der Waals surface area contributed by atoms with Gasteiger partial charge < -0.3 is 10.1 Å². The van der Waals surface area contributed by atoms with E-state index in [0.29, 0.717) is 6.10 Å². The zero-order valence-corrected chi connectivity index (χ0v) is 16.3. The van der Waals surface area contributed by atoms with Crippen LogP contribution in [0.5, 0.6) is 5.75 Å². The van der Waals surface area contributed by atoms with E-state index in [-0.39, 0.29) is 0 Å². The highest BCUT2D eigenvalue weighted by Gasteiger charge is 2.17. The molecule has 0 unspecified atom stereocenters. The molecule has 4 aromatic heterocycles. The quantitative estimate of drug-likeness (QED) is 0.505. The smallest absolute Gasteiger partial charge is 0.190 e. The molecule has 1 aliphatic rings. The number of ether oxygens (including phenoxy) is 1. The molecule has 7 nitrogen and oxygen atoms in total. The van der Waals surface area contributed by atoms with Gasteiger partial charge in [-0.2, -0.15) is 5.10 Å². The molecule has 2 N–H and O–H groups in total. The number of nitrogens with zero attached hydrogens (tertiary/aromatic N) is 4. The molecule has 0 bridgehead atoms. The summed E-state index contributed by atoms with van der Waals surface area (Å²) in [6.45, 7) is 1.99. The van der Waals surface area contributed by atoms with Gasteiger partial charge >= 0.3 is 0 Å². The van der Waals surface area contributed by atoms with Crippen molar-refractivity contribution in [2.24, 2.45) is 0 Å². The van der Waals surface area contributed by atoms with E-state index in [9.17, 15) is 0 Å². The summed E-state index contributed by atoms with van der Waals surface area (Å²) in [7, 11) is 0. The molecule has 0 spiro atoms. The maximum Gasteiger partial charge on any atom is 0.190 e. The number of H-pyrrole nitrogens is 1. The summed E-state index contributed by atoms with van der Waals surface area (Å²) in [6, 6.07) is 7.79. The van der Waals surface area contributed by atoms with Crippen LogP contribution in [0.2, 0.25) is 0 Å². The van der Waals surface area contributed by atoms with Gasteiger partial charge in [-0.15, -0.1) is 0 Å². The van der Waals surface area contributed by atoms with Crippen molar-refractivity contribution in [2.75, 3.05) is 5.32 Å². The Morgan fingerprint density at radius 2 is 2.07 bits per heavy atom. The van der Waals surface area contributed by atoms with Crippen molar-refractivity contribution in [3.05, 3.63) is 42.4 Å². The number of anilines is 2. The number of aryl methyl sites for hydroxylation is 1. The van der Waals surface area contributed by atoms with E-state index >= 15 is 0 Å². The Balaban J connectivity index is 1.37. The third kappa shape index (κ3) is 3.43. The standard InChI is InChI=1S/C20H20N6OS/c1-12-15(11-22-26-12)16-6-7-17-19(23-16)28-20(24-17)25-18-10-14(8-9-21-18)27-13-4-2-3-5-13/h6-11,13H,2-5H2,1H3,(H,22,26)(H,21,24,25). The second-order valence-electron chi connectivity index (χ2n) is 6.97. The van der Waals surface area contributed by atoms with Crippen LogP contribution >= 0.6 is 11.3 Å². The number of fused-ring (bicyclic) bond motifs is 1. The summed E-state index contributed by atoms with van der Waals surface area (Å²) in [5, 5.41) is 11.1. The van der Waals surface area contributed by atoms with Gasteiger partial charge in [-0.05, 0) is 50.8 Å². The molecule has 5 rings (SSSR count). The van der Waals surface area contributed by atoms with Crippen molar-refractivity contribution < 1.29 is 4.74 Å². The van der Waals surface area contributed by atoms with Gasteiger partial charge in [0.05, 0.1) is 18.0 Å². The molecule has 1 aliphatic carbocycles. The van der Waals surface area contributed by atoms with Gasteiger partial charge in [-0.1, -0.05) is 11.3 Å². The van der Waals surface area contributed by atoms with Crippen LogP contribution in [0.15, 0.2) is 36.7 Å². The molecule has 0 radical (unpaired) electrons. The lowest BCUT2D eigenvalue weighted by molar-refractivity contribution is 0.210. The Hall–Kier alpha value is -3.00. The minimum atomic E-state index is 0.326. The highest BCUT2D eigenvalue weighted by molar-refractivity contribution is 7.21. The first-order chi connectivity index (χ1) is 13.7. The van der Waals surface area contributed by atoms with Gasteiger partial charge in [-0.25, -0.2) is 15.0 Å². The van der Waals surface area contributed by atoms with E-state index in [1.54, 1.807) is 12.4 Å². The summed E-state index contributed by atoms with van der Waals surface area (Å²) in [4.78, 5) is 14.6. The third-order valence-corrected chi connectivity index (χ3v) is 5.81. The molecule has 8 heteroatoms. The third-order valence-electron chi connectivity index (χ3n) is 4.93. The van der Waals surface area contributed by atoms with Crippen LogP contribution < -0.4 is 10.1 Å². The number of hydrogen-bond donors (Lipinski definition) is 2.